The topological polar surface area (TPSA) is 27.0 Å². The molecular formula is C16H22N2S2. The Labute approximate surface area is 130 Å². The minimum atomic E-state index is -0.109. The monoisotopic (exact) mass is 306 g/mol. The van der Waals surface area contributed by atoms with Crippen LogP contribution in [0.3, 0.4) is 0 Å². The summed E-state index contributed by atoms with van der Waals surface area (Å²) in [5.74, 6) is 2.26. The highest BCUT2D eigenvalue weighted by molar-refractivity contribution is 8.00. The highest BCUT2D eigenvalue weighted by Gasteiger charge is 2.25. The first-order valence-corrected chi connectivity index (χ1v) is 8.98. The third kappa shape index (κ3) is 4.18. The maximum Gasteiger partial charge on any atom is 0.124 e. The van der Waals surface area contributed by atoms with E-state index in [0.29, 0.717) is 0 Å². The minimum Gasteiger partial charge on any atom is -0.283 e. The predicted octanol–water partition coefficient (Wildman–Crippen LogP) is 4.19. The van der Waals surface area contributed by atoms with Crippen LogP contribution in [-0.2, 0) is 0 Å². The SMILES string of the molecule is CC(C)(C)Sc1ccccc1C(C#N)N1CCSCC1. The molecule has 0 aliphatic carbocycles. The molecule has 0 N–H and O–H groups in total. The second kappa shape index (κ2) is 6.89. The third-order valence-electron chi connectivity index (χ3n) is 3.16. The van der Waals surface area contributed by atoms with Gasteiger partial charge in [0.2, 0.25) is 0 Å². The van der Waals surface area contributed by atoms with Gasteiger partial charge < -0.3 is 0 Å². The Balaban J connectivity index is 2.27. The molecule has 1 aliphatic rings. The van der Waals surface area contributed by atoms with Crippen LogP contribution in [-0.4, -0.2) is 34.2 Å². The number of benzene rings is 1. The molecule has 20 heavy (non-hydrogen) atoms. The van der Waals surface area contributed by atoms with Crippen LogP contribution in [0, 0.1) is 11.3 Å². The van der Waals surface area contributed by atoms with Gasteiger partial charge in [-0.05, 0) is 11.6 Å². The molecule has 0 amide bonds. The van der Waals surface area contributed by atoms with Crippen molar-refractivity contribution >= 4 is 23.5 Å². The lowest BCUT2D eigenvalue weighted by atomic mass is 10.1. The maximum atomic E-state index is 9.65. The second-order valence-corrected chi connectivity index (χ2v) is 9.03. The van der Waals surface area contributed by atoms with Crippen molar-refractivity contribution in [2.45, 2.75) is 36.5 Å². The number of thioether (sulfide) groups is 2. The Morgan fingerprint density at radius 1 is 1.25 bits per heavy atom. The van der Waals surface area contributed by atoms with Crippen LogP contribution in [0.1, 0.15) is 32.4 Å². The van der Waals surface area contributed by atoms with Crippen molar-refractivity contribution in [1.82, 2.24) is 4.90 Å². The summed E-state index contributed by atoms with van der Waals surface area (Å²) in [6, 6.07) is 10.8. The van der Waals surface area contributed by atoms with Crippen molar-refractivity contribution in [2.75, 3.05) is 24.6 Å². The molecule has 1 atom stereocenters. The molecule has 0 aromatic heterocycles. The Morgan fingerprint density at radius 3 is 2.50 bits per heavy atom. The standard InChI is InChI=1S/C16H22N2S2/c1-16(2,3)20-15-7-5-4-6-13(15)14(12-17)18-8-10-19-11-9-18/h4-7,14H,8-11H2,1-3H3. The molecule has 0 spiro atoms. The molecule has 1 heterocycles. The fourth-order valence-electron chi connectivity index (χ4n) is 2.31. The van der Waals surface area contributed by atoms with E-state index < -0.39 is 0 Å². The van der Waals surface area contributed by atoms with Crippen molar-refractivity contribution in [2.24, 2.45) is 0 Å². The van der Waals surface area contributed by atoms with E-state index in [-0.39, 0.29) is 10.8 Å². The molecule has 108 valence electrons. The van der Waals surface area contributed by atoms with Crippen molar-refractivity contribution in [1.29, 1.82) is 5.26 Å². The van der Waals surface area contributed by atoms with Crippen LogP contribution in [0.4, 0.5) is 0 Å². The van der Waals surface area contributed by atoms with Crippen LogP contribution >= 0.6 is 23.5 Å². The average molecular weight is 307 g/mol. The van der Waals surface area contributed by atoms with Gasteiger partial charge in [0.15, 0.2) is 0 Å². The smallest absolute Gasteiger partial charge is 0.124 e. The summed E-state index contributed by atoms with van der Waals surface area (Å²) in [6.45, 7) is 8.67. The molecule has 1 aromatic carbocycles. The van der Waals surface area contributed by atoms with Crippen LogP contribution in [0.15, 0.2) is 29.2 Å². The Hall–Kier alpha value is -0.630. The van der Waals surface area contributed by atoms with Crippen LogP contribution < -0.4 is 0 Å². The molecule has 4 heteroatoms. The van der Waals surface area contributed by atoms with Gasteiger partial charge in [0.1, 0.15) is 6.04 Å². The van der Waals surface area contributed by atoms with Crippen molar-refractivity contribution < 1.29 is 0 Å². The molecule has 2 nitrogen and oxygen atoms in total. The zero-order valence-electron chi connectivity index (χ0n) is 12.4. The zero-order valence-corrected chi connectivity index (χ0v) is 14.1. The Kier molecular flexibility index (Phi) is 5.42. The summed E-state index contributed by atoms with van der Waals surface area (Å²) in [7, 11) is 0. The number of rotatable bonds is 3. The summed E-state index contributed by atoms with van der Waals surface area (Å²) in [4.78, 5) is 3.56. The summed E-state index contributed by atoms with van der Waals surface area (Å²) in [5, 5.41) is 9.65. The largest absolute Gasteiger partial charge is 0.283 e. The third-order valence-corrected chi connectivity index (χ3v) is 5.31. The van der Waals surface area contributed by atoms with Gasteiger partial charge in [-0.2, -0.15) is 17.0 Å². The summed E-state index contributed by atoms with van der Waals surface area (Å²) < 4.78 is 0.161. The first-order valence-electron chi connectivity index (χ1n) is 7.00. The van der Waals surface area contributed by atoms with Crippen molar-refractivity contribution in [3.63, 3.8) is 0 Å². The highest BCUT2D eigenvalue weighted by atomic mass is 32.2. The lowest BCUT2D eigenvalue weighted by Crippen LogP contribution is -2.35. The van der Waals surface area contributed by atoms with E-state index in [4.69, 9.17) is 0 Å². The minimum absolute atomic E-state index is 0.109. The Bertz CT molecular complexity index is 482. The first kappa shape index (κ1) is 15.8. The van der Waals surface area contributed by atoms with Gasteiger partial charge >= 0.3 is 0 Å². The van der Waals surface area contributed by atoms with Gasteiger partial charge in [0.05, 0.1) is 6.07 Å². The van der Waals surface area contributed by atoms with Gasteiger partial charge in [-0.3, -0.25) is 4.90 Å². The van der Waals surface area contributed by atoms with Gasteiger partial charge in [-0.1, -0.05) is 39.0 Å². The number of nitriles is 1. The van der Waals surface area contributed by atoms with E-state index in [1.54, 1.807) is 0 Å². The molecule has 1 aromatic rings. The van der Waals surface area contributed by atoms with E-state index in [2.05, 4.69) is 49.9 Å². The lowest BCUT2D eigenvalue weighted by molar-refractivity contribution is 0.259. The first-order chi connectivity index (χ1) is 9.51. The van der Waals surface area contributed by atoms with E-state index in [9.17, 15) is 5.26 Å². The van der Waals surface area contributed by atoms with Crippen molar-refractivity contribution in [3.05, 3.63) is 29.8 Å². The fourth-order valence-corrected chi connectivity index (χ4v) is 4.35. The molecule has 2 rings (SSSR count). The molecular weight excluding hydrogens is 284 g/mol. The van der Waals surface area contributed by atoms with Crippen LogP contribution in [0.5, 0.6) is 0 Å². The van der Waals surface area contributed by atoms with E-state index in [1.165, 1.54) is 10.5 Å². The van der Waals surface area contributed by atoms with Crippen LogP contribution in [0.25, 0.3) is 0 Å². The molecule has 1 fully saturated rings. The van der Waals surface area contributed by atoms with Gasteiger partial charge in [0.25, 0.3) is 0 Å². The summed E-state index contributed by atoms with van der Waals surface area (Å²) in [5.41, 5.74) is 1.17. The molecule has 0 bridgehead atoms. The number of hydrogen-bond donors (Lipinski definition) is 0. The van der Waals surface area contributed by atoms with E-state index >= 15 is 0 Å². The van der Waals surface area contributed by atoms with E-state index in [1.807, 2.05) is 29.6 Å². The zero-order chi connectivity index (χ0) is 14.6. The number of nitrogens with zero attached hydrogens (tertiary/aromatic N) is 2. The highest BCUT2D eigenvalue weighted by Crippen LogP contribution is 2.38. The summed E-state index contributed by atoms with van der Waals surface area (Å²) >= 11 is 3.83. The second-order valence-electron chi connectivity index (χ2n) is 5.93. The van der Waals surface area contributed by atoms with Gasteiger partial charge in [0, 0.05) is 34.2 Å². The average Bonchev–Trinajstić information content (AvgIpc) is 2.41. The normalized spacial score (nSPS) is 18.5. The molecule has 1 saturated heterocycles. The molecule has 1 aliphatic heterocycles. The fraction of sp³-hybridized carbons (Fsp3) is 0.562. The molecule has 0 saturated carbocycles. The number of hydrogen-bond acceptors (Lipinski definition) is 4. The van der Waals surface area contributed by atoms with Crippen LogP contribution in [0.2, 0.25) is 0 Å². The van der Waals surface area contributed by atoms with E-state index in [0.717, 1.165) is 24.6 Å². The van der Waals surface area contributed by atoms with Gasteiger partial charge in [-0.15, -0.1) is 11.8 Å². The Morgan fingerprint density at radius 2 is 1.90 bits per heavy atom. The predicted molar refractivity (Wildman–Crippen MR) is 89.3 cm³/mol. The quantitative estimate of drug-likeness (QED) is 0.782. The molecule has 0 radical (unpaired) electrons. The molecule has 1 unspecified atom stereocenters. The van der Waals surface area contributed by atoms with Crippen molar-refractivity contribution in [3.8, 4) is 6.07 Å². The maximum absolute atomic E-state index is 9.65. The summed E-state index contributed by atoms with van der Waals surface area (Å²) in [6.07, 6.45) is 0. The lowest BCUT2D eigenvalue weighted by Gasteiger charge is -2.32. The van der Waals surface area contributed by atoms with Gasteiger partial charge in [-0.25, -0.2) is 0 Å².